The molecule has 1 aliphatic heterocycles. The third-order valence-electron chi connectivity index (χ3n) is 7.11. The van der Waals surface area contributed by atoms with Crippen molar-refractivity contribution in [3.05, 3.63) is 61.1 Å². The van der Waals surface area contributed by atoms with Crippen molar-refractivity contribution < 1.29 is 0 Å². The van der Waals surface area contributed by atoms with E-state index in [1.165, 1.54) is 54.2 Å². The Balaban J connectivity index is 1.32. The monoisotopic (exact) mass is 414 g/mol. The second-order valence-corrected chi connectivity index (χ2v) is 9.90. The van der Waals surface area contributed by atoms with Gasteiger partial charge in [0.25, 0.3) is 0 Å². The molecule has 1 saturated heterocycles. The number of piperidine rings is 1. The molecule has 5 heteroatoms. The summed E-state index contributed by atoms with van der Waals surface area (Å²) in [5.74, 6) is 1.04. The van der Waals surface area contributed by atoms with Crippen molar-refractivity contribution >= 4 is 34.1 Å². The predicted molar refractivity (Wildman–Crippen MR) is 123 cm³/mol. The molecule has 0 amide bonds. The van der Waals surface area contributed by atoms with E-state index in [2.05, 4.69) is 58.0 Å². The molecule has 0 atom stereocenters. The zero-order valence-corrected chi connectivity index (χ0v) is 17.9. The quantitative estimate of drug-likeness (QED) is 0.400. The SMILES string of the molecule is c1ccc2c(Sc3cnc(N4CCC5(CCCC5)CC4)n4ccnc34)cccc2c1. The number of imidazole rings is 1. The minimum Gasteiger partial charge on any atom is -0.342 e. The summed E-state index contributed by atoms with van der Waals surface area (Å²) in [6.07, 6.45) is 14.3. The molecule has 4 aromatic rings. The number of hydrogen-bond donors (Lipinski definition) is 0. The molecule has 0 radical (unpaired) electrons. The minimum atomic E-state index is 0.620. The van der Waals surface area contributed by atoms with Crippen molar-refractivity contribution in [2.75, 3.05) is 18.0 Å². The first-order chi connectivity index (χ1) is 14.8. The second-order valence-electron chi connectivity index (χ2n) is 8.82. The van der Waals surface area contributed by atoms with E-state index in [4.69, 9.17) is 9.97 Å². The molecule has 152 valence electrons. The van der Waals surface area contributed by atoms with Crippen molar-refractivity contribution in [3.63, 3.8) is 0 Å². The van der Waals surface area contributed by atoms with Gasteiger partial charge in [-0.2, -0.15) is 0 Å². The number of anilines is 1. The highest BCUT2D eigenvalue weighted by molar-refractivity contribution is 7.99. The molecule has 2 aromatic heterocycles. The first-order valence-electron chi connectivity index (χ1n) is 11.0. The van der Waals surface area contributed by atoms with Gasteiger partial charge in [0.15, 0.2) is 5.65 Å². The number of benzene rings is 2. The van der Waals surface area contributed by atoms with Gasteiger partial charge in [0.2, 0.25) is 5.95 Å². The van der Waals surface area contributed by atoms with Gasteiger partial charge in [-0.25, -0.2) is 9.97 Å². The Kier molecular flexibility index (Phi) is 4.45. The average molecular weight is 415 g/mol. The zero-order valence-electron chi connectivity index (χ0n) is 17.1. The maximum absolute atomic E-state index is 4.92. The summed E-state index contributed by atoms with van der Waals surface area (Å²) in [7, 11) is 0. The standard InChI is InChI=1S/C25H26N4S/c1-2-8-20-19(6-1)7-5-9-21(20)30-22-18-27-24(29-17-14-26-23(22)29)28-15-12-25(13-16-28)10-3-4-11-25/h1-2,5-9,14,17-18H,3-4,10-13,15-16H2. The van der Waals surface area contributed by atoms with E-state index in [1.807, 2.05) is 12.4 Å². The number of rotatable bonds is 3. The first-order valence-corrected chi connectivity index (χ1v) is 11.9. The molecule has 1 spiro atoms. The number of aromatic nitrogens is 3. The molecular formula is C25H26N4S. The van der Waals surface area contributed by atoms with Crippen LogP contribution in [-0.4, -0.2) is 27.5 Å². The van der Waals surface area contributed by atoms with Crippen LogP contribution in [0.3, 0.4) is 0 Å². The van der Waals surface area contributed by atoms with Crippen molar-refractivity contribution in [2.24, 2.45) is 5.41 Å². The Hall–Kier alpha value is -2.53. The van der Waals surface area contributed by atoms with Crippen LogP contribution in [0.2, 0.25) is 0 Å². The average Bonchev–Trinajstić information content (AvgIpc) is 3.46. The van der Waals surface area contributed by atoms with Crippen LogP contribution in [0.25, 0.3) is 16.4 Å². The molecule has 1 aliphatic carbocycles. The van der Waals surface area contributed by atoms with E-state index in [0.717, 1.165) is 29.6 Å². The summed E-state index contributed by atoms with van der Waals surface area (Å²) in [6.45, 7) is 2.21. The number of fused-ring (bicyclic) bond motifs is 2. The molecule has 6 rings (SSSR count). The first kappa shape index (κ1) is 18.3. The fourth-order valence-corrected chi connectivity index (χ4v) is 6.43. The van der Waals surface area contributed by atoms with Gasteiger partial charge in [-0.3, -0.25) is 4.40 Å². The highest BCUT2D eigenvalue weighted by Gasteiger charge is 2.37. The van der Waals surface area contributed by atoms with E-state index in [1.54, 1.807) is 11.8 Å². The Morgan fingerprint density at radius 3 is 2.50 bits per heavy atom. The predicted octanol–water partition coefficient (Wildman–Crippen LogP) is 6.19. The fraction of sp³-hybridized carbons (Fsp3) is 0.360. The third kappa shape index (κ3) is 3.07. The highest BCUT2D eigenvalue weighted by atomic mass is 32.2. The Morgan fingerprint density at radius 2 is 1.63 bits per heavy atom. The van der Waals surface area contributed by atoms with Gasteiger partial charge in [-0.15, -0.1) is 0 Å². The summed E-state index contributed by atoms with van der Waals surface area (Å²) in [4.78, 5) is 14.4. The van der Waals surface area contributed by atoms with Gasteiger partial charge < -0.3 is 4.90 Å². The summed E-state index contributed by atoms with van der Waals surface area (Å²) in [6, 6.07) is 15.0. The molecule has 0 bridgehead atoms. The van der Waals surface area contributed by atoms with E-state index in [-0.39, 0.29) is 0 Å². The summed E-state index contributed by atoms with van der Waals surface area (Å²) in [5.41, 5.74) is 1.62. The molecule has 3 heterocycles. The van der Waals surface area contributed by atoms with Crippen LogP contribution < -0.4 is 4.90 Å². The van der Waals surface area contributed by atoms with Crippen LogP contribution in [0.1, 0.15) is 38.5 Å². The Labute approximate surface area is 181 Å². The van der Waals surface area contributed by atoms with Crippen LogP contribution >= 0.6 is 11.8 Å². The Morgan fingerprint density at radius 1 is 0.833 bits per heavy atom. The molecule has 0 unspecified atom stereocenters. The molecule has 2 aromatic carbocycles. The lowest BCUT2D eigenvalue weighted by Crippen LogP contribution is -2.40. The van der Waals surface area contributed by atoms with Crippen LogP contribution in [-0.2, 0) is 0 Å². The molecule has 4 nitrogen and oxygen atoms in total. The van der Waals surface area contributed by atoms with E-state index < -0.39 is 0 Å². The van der Waals surface area contributed by atoms with E-state index >= 15 is 0 Å². The van der Waals surface area contributed by atoms with Crippen molar-refractivity contribution in [2.45, 2.75) is 48.3 Å². The van der Waals surface area contributed by atoms with Crippen molar-refractivity contribution in [1.29, 1.82) is 0 Å². The highest BCUT2D eigenvalue weighted by Crippen LogP contribution is 2.46. The second kappa shape index (κ2) is 7.31. The largest absolute Gasteiger partial charge is 0.342 e. The maximum Gasteiger partial charge on any atom is 0.211 e. The maximum atomic E-state index is 4.92. The zero-order chi connectivity index (χ0) is 20.0. The lowest BCUT2D eigenvalue weighted by molar-refractivity contribution is 0.225. The van der Waals surface area contributed by atoms with E-state index in [0.29, 0.717) is 5.41 Å². The normalized spacial score (nSPS) is 18.6. The number of nitrogens with zero attached hydrogens (tertiary/aromatic N) is 4. The van der Waals surface area contributed by atoms with Crippen LogP contribution in [0.4, 0.5) is 5.95 Å². The smallest absolute Gasteiger partial charge is 0.211 e. The lowest BCUT2D eigenvalue weighted by atomic mass is 9.77. The third-order valence-corrected chi connectivity index (χ3v) is 8.20. The van der Waals surface area contributed by atoms with Gasteiger partial charge in [0, 0.05) is 36.6 Å². The number of hydrogen-bond acceptors (Lipinski definition) is 4. The molecule has 2 aliphatic rings. The summed E-state index contributed by atoms with van der Waals surface area (Å²) in [5, 5.41) is 2.54. The molecular weight excluding hydrogens is 388 g/mol. The lowest BCUT2D eigenvalue weighted by Gasteiger charge is -2.39. The van der Waals surface area contributed by atoms with Crippen LogP contribution in [0, 0.1) is 5.41 Å². The topological polar surface area (TPSA) is 33.4 Å². The molecule has 2 fully saturated rings. The van der Waals surface area contributed by atoms with Gasteiger partial charge >= 0.3 is 0 Å². The molecule has 30 heavy (non-hydrogen) atoms. The van der Waals surface area contributed by atoms with Crippen molar-refractivity contribution in [1.82, 2.24) is 14.4 Å². The summed E-state index contributed by atoms with van der Waals surface area (Å²) < 4.78 is 2.18. The van der Waals surface area contributed by atoms with Crippen LogP contribution in [0.5, 0.6) is 0 Å². The molecule has 0 N–H and O–H groups in total. The van der Waals surface area contributed by atoms with Gasteiger partial charge in [0.1, 0.15) is 0 Å². The summed E-state index contributed by atoms with van der Waals surface area (Å²) >= 11 is 1.76. The van der Waals surface area contributed by atoms with Gasteiger partial charge in [-0.1, -0.05) is 61.0 Å². The minimum absolute atomic E-state index is 0.620. The van der Waals surface area contributed by atoms with Crippen LogP contribution in [0.15, 0.2) is 70.8 Å². The van der Waals surface area contributed by atoms with Crippen molar-refractivity contribution in [3.8, 4) is 0 Å². The van der Waals surface area contributed by atoms with Gasteiger partial charge in [-0.05, 0) is 47.9 Å². The fourth-order valence-electron chi connectivity index (χ4n) is 5.40. The van der Waals surface area contributed by atoms with E-state index in [9.17, 15) is 0 Å². The van der Waals surface area contributed by atoms with Gasteiger partial charge in [0.05, 0.1) is 4.90 Å². The Bertz CT molecular complexity index is 1190. The molecule has 1 saturated carbocycles.